The number of nitrogen functional groups attached to an aromatic ring is 1. The third-order valence-electron chi connectivity index (χ3n) is 3.33. The third-order valence-corrected chi connectivity index (χ3v) is 3.33. The zero-order valence-electron chi connectivity index (χ0n) is 11.3. The fraction of sp³-hybridized carbons (Fsp3) is 0.200. The van der Waals surface area contributed by atoms with Crippen LogP contribution in [0.15, 0.2) is 36.7 Å². The Bertz CT molecular complexity index is 623. The van der Waals surface area contributed by atoms with Crippen LogP contribution in [0.3, 0.4) is 0 Å². The molecule has 1 amide bonds. The first-order valence-electron chi connectivity index (χ1n) is 6.06. The molecule has 0 aliphatic rings. The van der Waals surface area contributed by atoms with Gasteiger partial charge in [0.25, 0.3) is 5.91 Å². The summed E-state index contributed by atoms with van der Waals surface area (Å²) in [6, 6.07) is 7.45. The van der Waals surface area contributed by atoms with Crippen LogP contribution in [-0.2, 0) is 0 Å². The molecule has 4 nitrogen and oxygen atoms in total. The SMILES string of the molecule is Cc1cccc(C(=O)N(C)c2ccncc2N)c1C. The molecule has 0 saturated heterocycles. The Morgan fingerprint density at radius 1 is 1.26 bits per heavy atom. The van der Waals surface area contributed by atoms with Gasteiger partial charge in [-0.15, -0.1) is 0 Å². The molecular formula is C15H17N3O. The van der Waals surface area contributed by atoms with Crippen LogP contribution < -0.4 is 10.6 Å². The van der Waals surface area contributed by atoms with Crippen LogP contribution in [0.5, 0.6) is 0 Å². The molecule has 1 heterocycles. The van der Waals surface area contributed by atoms with Crippen molar-refractivity contribution in [2.75, 3.05) is 17.7 Å². The van der Waals surface area contributed by atoms with Gasteiger partial charge in [-0.1, -0.05) is 12.1 Å². The van der Waals surface area contributed by atoms with Gasteiger partial charge in [-0.2, -0.15) is 0 Å². The molecule has 0 bridgehead atoms. The zero-order valence-corrected chi connectivity index (χ0v) is 11.3. The molecule has 0 atom stereocenters. The van der Waals surface area contributed by atoms with Crippen LogP contribution in [-0.4, -0.2) is 17.9 Å². The summed E-state index contributed by atoms with van der Waals surface area (Å²) in [4.78, 5) is 18.0. The van der Waals surface area contributed by atoms with Gasteiger partial charge in [-0.25, -0.2) is 0 Å². The summed E-state index contributed by atoms with van der Waals surface area (Å²) in [6.07, 6.45) is 3.17. The first kappa shape index (κ1) is 13.1. The Labute approximate surface area is 112 Å². The molecule has 0 spiro atoms. The van der Waals surface area contributed by atoms with E-state index in [4.69, 9.17) is 5.73 Å². The van der Waals surface area contributed by atoms with E-state index in [2.05, 4.69) is 4.98 Å². The molecule has 2 aromatic rings. The van der Waals surface area contributed by atoms with E-state index in [1.165, 1.54) is 0 Å². The fourth-order valence-electron chi connectivity index (χ4n) is 1.98. The molecule has 4 heteroatoms. The Kier molecular flexibility index (Phi) is 3.51. The van der Waals surface area contributed by atoms with E-state index in [9.17, 15) is 4.79 Å². The van der Waals surface area contributed by atoms with Crippen LogP contribution in [0.2, 0.25) is 0 Å². The number of hydrogen-bond acceptors (Lipinski definition) is 3. The minimum Gasteiger partial charge on any atom is -0.396 e. The molecule has 0 radical (unpaired) electrons. The van der Waals surface area contributed by atoms with Gasteiger partial charge in [0.15, 0.2) is 0 Å². The van der Waals surface area contributed by atoms with Crippen molar-refractivity contribution in [3.05, 3.63) is 53.3 Å². The number of nitrogens with zero attached hydrogens (tertiary/aromatic N) is 2. The molecular weight excluding hydrogens is 238 g/mol. The van der Waals surface area contributed by atoms with Gasteiger partial charge in [0, 0.05) is 18.8 Å². The monoisotopic (exact) mass is 255 g/mol. The van der Waals surface area contributed by atoms with Crippen molar-refractivity contribution in [1.82, 2.24) is 4.98 Å². The Morgan fingerprint density at radius 3 is 2.68 bits per heavy atom. The van der Waals surface area contributed by atoms with Crippen molar-refractivity contribution in [2.45, 2.75) is 13.8 Å². The van der Waals surface area contributed by atoms with Crippen molar-refractivity contribution in [1.29, 1.82) is 0 Å². The summed E-state index contributed by atoms with van der Waals surface area (Å²) in [7, 11) is 1.72. The average molecular weight is 255 g/mol. The highest BCUT2D eigenvalue weighted by Crippen LogP contribution is 2.23. The standard InChI is InChI=1S/C15H17N3O/c1-10-5-4-6-12(11(10)2)15(19)18(3)14-7-8-17-9-13(14)16/h4-9H,16H2,1-3H3. The Morgan fingerprint density at radius 2 is 2.00 bits per heavy atom. The highest BCUT2D eigenvalue weighted by molar-refractivity contribution is 6.08. The van der Waals surface area contributed by atoms with Crippen LogP contribution in [0.25, 0.3) is 0 Å². The number of rotatable bonds is 2. The number of carbonyl (C=O) groups excluding carboxylic acids is 1. The lowest BCUT2D eigenvalue weighted by Gasteiger charge is -2.20. The van der Waals surface area contributed by atoms with Gasteiger partial charge >= 0.3 is 0 Å². The molecule has 0 fully saturated rings. The number of anilines is 2. The molecule has 2 rings (SSSR count). The van der Waals surface area contributed by atoms with Gasteiger partial charge in [0.2, 0.25) is 0 Å². The zero-order chi connectivity index (χ0) is 14.0. The molecule has 1 aromatic heterocycles. The summed E-state index contributed by atoms with van der Waals surface area (Å²) < 4.78 is 0. The second kappa shape index (κ2) is 5.10. The highest BCUT2D eigenvalue weighted by Gasteiger charge is 2.17. The summed E-state index contributed by atoms with van der Waals surface area (Å²) in [5, 5.41) is 0. The Balaban J connectivity index is 2.40. The first-order chi connectivity index (χ1) is 9.02. The highest BCUT2D eigenvalue weighted by atomic mass is 16.2. The van der Waals surface area contributed by atoms with E-state index in [0.717, 1.165) is 11.1 Å². The van der Waals surface area contributed by atoms with Gasteiger partial charge in [-0.3, -0.25) is 9.78 Å². The second-order valence-electron chi connectivity index (χ2n) is 4.55. The third kappa shape index (κ3) is 2.42. The molecule has 1 aromatic carbocycles. The number of pyridine rings is 1. The number of nitrogens with two attached hydrogens (primary N) is 1. The smallest absolute Gasteiger partial charge is 0.258 e. The number of aromatic nitrogens is 1. The first-order valence-corrected chi connectivity index (χ1v) is 6.06. The summed E-state index contributed by atoms with van der Waals surface area (Å²) in [6.45, 7) is 3.94. The lowest BCUT2D eigenvalue weighted by atomic mass is 10.0. The van der Waals surface area contributed by atoms with Crippen LogP contribution >= 0.6 is 0 Å². The van der Waals surface area contributed by atoms with Crippen LogP contribution in [0.4, 0.5) is 11.4 Å². The number of amides is 1. The van der Waals surface area contributed by atoms with Crippen molar-refractivity contribution < 1.29 is 4.79 Å². The molecule has 0 aliphatic carbocycles. The molecule has 0 aliphatic heterocycles. The minimum absolute atomic E-state index is 0.0703. The maximum Gasteiger partial charge on any atom is 0.258 e. The van der Waals surface area contributed by atoms with Crippen molar-refractivity contribution >= 4 is 17.3 Å². The lowest BCUT2D eigenvalue weighted by molar-refractivity contribution is 0.0992. The normalized spacial score (nSPS) is 10.3. The second-order valence-corrected chi connectivity index (χ2v) is 4.55. The van der Waals surface area contributed by atoms with Gasteiger partial charge in [0.05, 0.1) is 17.6 Å². The number of carbonyl (C=O) groups is 1. The fourth-order valence-corrected chi connectivity index (χ4v) is 1.98. The lowest BCUT2D eigenvalue weighted by Crippen LogP contribution is -2.27. The van der Waals surface area contributed by atoms with Gasteiger partial charge in [-0.05, 0) is 37.1 Å². The summed E-state index contributed by atoms with van der Waals surface area (Å²) in [5.41, 5.74) is 9.79. The van der Waals surface area contributed by atoms with E-state index in [1.54, 1.807) is 30.4 Å². The average Bonchev–Trinajstić information content (AvgIpc) is 2.41. The van der Waals surface area contributed by atoms with Crippen molar-refractivity contribution in [2.24, 2.45) is 0 Å². The number of aryl methyl sites for hydroxylation is 1. The number of hydrogen-bond donors (Lipinski definition) is 1. The molecule has 19 heavy (non-hydrogen) atoms. The molecule has 2 N–H and O–H groups in total. The Hall–Kier alpha value is -2.36. The van der Waals surface area contributed by atoms with Crippen LogP contribution in [0.1, 0.15) is 21.5 Å². The van der Waals surface area contributed by atoms with Gasteiger partial charge in [0.1, 0.15) is 0 Å². The van der Waals surface area contributed by atoms with E-state index < -0.39 is 0 Å². The molecule has 0 saturated carbocycles. The van der Waals surface area contributed by atoms with Crippen molar-refractivity contribution in [3.8, 4) is 0 Å². The van der Waals surface area contributed by atoms with Crippen LogP contribution in [0, 0.1) is 13.8 Å². The largest absolute Gasteiger partial charge is 0.396 e. The summed E-state index contributed by atoms with van der Waals surface area (Å²) in [5.74, 6) is -0.0703. The predicted molar refractivity (Wildman–Crippen MR) is 77.3 cm³/mol. The van der Waals surface area contributed by atoms with Gasteiger partial charge < -0.3 is 10.6 Å². The van der Waals surface area contributed by atoms with E-state index in [1.807, 2.05) is 32.0 Å². The predicted octanol–water partition coefficient (Wildman–Crippen LogP) is 2.56. The quantitative estimate of drug-likeness (QED) is 0.897. The topological polar surface area (TPSA) is 59.2 Å². The molecule has 0 unspecified atom stereocenters. The number of benzene rings is 1. The summed E-state index contributed by atoms with van der Waals surface area (Å²) >= 11 is 0. The van der Waals surface area contributed by atoms with E-state index in [0.29, 0.717) is 16.9 Å². The minimum atomic E-state index is -0.0703. The molecule has 98 valence electrons. The van der Waals surface area contributed by atoms with E-state index >= 15 is 0 Å². The van der Waals surface area contributed by atoms with E-state index in [-0.39, 0.29) is 5.91 Å². The maximum atomic E-state index is 12.5. The maximum absolute atomic E-state index is 12.5. The van der Waals surface area contributed by atoms with Crippen molar-refractivity contribution in [3.63, 3.8) is 0 Å².